The van der Waals surface area contributed by atoms with Crippen LogP contribution in [-0.4, -0.2) is 19.2 Å². The molecule has 98 valence electrons. The van der Waals surface area contributed by atoms with E-state index < -0.39 is 0 Å². The zero-order valence-corrected chi connectivity index (χ0v) is 12.4. The van der Waals surface area contributed by atoms with Gasteiger partial charge < -0.3 is 10.1 Å². The third-order valence-corrected chi connectivity index (χ3v) is 4.61. The van der Waals surface area contributed by atoms with Crippen molar-refractivity contribution < 1.29 is 4.74 Å². The Hall–Kier alpha value is -0.380. The first kappa shape index (κ1) is 12.6. The molecule has 1 aliphatic carbocycles. The summed E-state index contributed by atoms with van der Waals surface area (Å²) in [6, 6.07) is 7.35. The summed E-state index contributed by atoms with van der Waals surface area (Å²) in [5, 5.41) is 3.63. The molecule has 1 heterocycles. The smallest absolute Gasteiger partial charge is 0.0876 e. The van der Waals surface area contributed by atoms with Crippen LogP contribution in [0.3, 0.4) is 0 Å². The lowest BCUT2D eigenvalue weighted by Gasteiger charge is -2.20. The molecule has 0 amide bonds. The van der Waals surface area contributed by atoms with Gasteiger partial charge in [-0.15, -0.1) is 0 Å². The highest BCUT2D eigenvalue weighted by molar-refractivity contribution is 9.10. The number of aryl methyl sites for hydroxylation is 1. The van der Waals surface area contributed by atoms with Gasteiger partial charge in [0.15, 0.2) is 0 Å². The predicted octanol–water partition coefficient (Wildman–Crippen LogP) is 3.59. The van der Waals surface area contributed by atoms with E-state index in [1.54, 1.807) is 0 Å². The Balaban J connectivity index is 1.72. The summed E-state index contributed by atoms with van der Waals surface area (Å²) in [5.41, 5.74) is 2.59. The van der Waals surface area contributed by atoms with Crippen molar-refractivity contribution in [3.8, 4) is 0 Å². The SMILES string of the molecule is Cc1ccc(C2OCCC2CNC2CC2)c(Br)c1. The summed E-state index contributed by atoms with van der Waals surface area (Å²) in [7, 11) is 0. The highest BCUT2D eigenvalue weighted by atomic mass is 79.9. The van der Waals surface area contributed by atoms with Crippen molar-refractivity contribution >= 4 is 15.9 Å². The monoisotopic (exact) mass is 309 g/mol. The molecule has 3 heteroatoms. The van der Waals surface area contributed by atoms with E-state index in [-0.39, 0.29) is 6.10 Å². The highest BCUT2D eigenvalue weighted by Gasteiger charge is 2.32. The van der Waals surface area contributed by atoms with Crippen LogP contribution in [0.15, 0.2) is 22.7 Å². The first-order chi connectivity index (χ1) is 8.74. The molecule has 2 atom stereocenters. The lowest BCUT2D eigenvalue weighted by atomic mass is 9.94. The standard InChI is InChI=1S/C15H20BrNO/c1-10-2-5-13(14(16)8-10)15-11(6-7-18-15)9-17-12-3-4-12/h2,5,8,11-12,15,17H,3-4,6-7,9H2,1H3. The fourth-order valence-corrected chi connectivity index (χ4v) is 3.37. The minimum atomic E-state index is 0.256. The van der Waals surface area contributed by atoms with Gasteiger partial charge in [-0.05, 0) is 43.4 Å². The maximum absolute atomic E-state index is 5.96. The molecule has 3 rings (SSSR count). The second kappa shape index (κ2) is 5.32. The molecule has 1 N–H and O–H groups in total. The molecular formula is C15H20BrNO. The van der Waals surface area contributed by atoms with E-state index in [9.17, 15) is 0 Å². The molecule has 1 aromatic rings. The topological polar surface area (TPSA) is 21.3 Å². The number of ether oxygens (including phenoxy) is 1. The normalized spacial score (nSPS) is 27.7. The molecular weight excluding hydrogens is 290 g/mol. The first-order valence-corrected chi connectivity index (χ1v) is 7.64. The van der Waals surface area contributed by atoms with Crippen LogP contribution in [0.2, 0.25) is 0 Å². The lowest BCUT2D eigenvalue weighted by Crippen LogP contribution is -2.26. The van der Waals surface area contributed by atoms with Crippen LogP contribution >= 0.6 is 15.9 Å². The Morgan fingerprint density at radius 1 is 1.33 bits per heavy atom. The molecule has 2 unspecified atom stereocenters. The van der Waals surface area contributed by atoms with Crippen molar-refractivity contribution in [1.29, 1.82) is 0 Å². The van der Waals surface area contributed by atoms with E-state index in [1.165, 1.54) is 34.9 Å². The minimum Gasteiger partial charge on any atom is -0.373 e. The average molecular weight is 310 g/mol. The molecule has 0 radical (unpaired) electrons. The summed E-state index contributed by atoms with van der Waals surface area (Å²) < 4.78 is 7.14. The third kappa shape index (κ3) is 2.79. The van der Waals surface area contributed by atoms with Crippen molar-refractivity contribution in [2.75, 3.05) is 13.2 Å². The number of hydrogen-bond acceptors (Lipinski definition) is 2. The van der Waals surface area contributed by atoms with Crippen LogP contribution in [0.1, 0.15) is 36.5 Å². The molecule has 1 saturated heterocycles. The molecule has 18 heavy (non-hydrogen) atoms. The maximum Gasteiger partial charge on any atom is 0.0876 e. The van der Waals surface area contributed by atoms with Crippen LogP contribution < -0.4 is 5.32 Å². The molecule has 2 aliphatic rings. The number of halogens is 1. The van der Waals surface area contributed by atoms with Crippen molar-refractivity contribution in [2.45, 2.75) is 38.3 Å². The summed E-state index contributed by atoms with van der Waals surface area (Å²) in [6.45, 7) is 4.10. The van der Waals surface area contributed by atoms with Crippen LogP contribution in [0.5, 0.6) is 0 Å². The minimum absolute atomic E-state index is 0.256. The van der Waals surface area contributed by atoms with Crippen LogP contribution in [0.25, 0.3) is 0 Å². The Morgan fingerprint density at radius 2 is 2.17 bits per heavy atom. The van der Waals surface area contributed by atoms with E-state index in [4.69, 9.17) is 4.74 Å². The Labute approximate surface area is 117 Å². The van der Waals surface area contributed by atoms with E-state index in [0.29, 0.717) is 5.92 Å². The second-order valence-electron chi connectivity index (χ2n) is 5.55. The molecule has 1 aliphatic heterocycles. The van der Waals surface area contributed by atoms with Crippen molar-refractivity contribution in [3.63, 3.8) is 0 Å². The van der Waals surface area contributed by atoms with Crippen LogP contribution in [0, 0.1) is 12.8 Å². The van der Waals surface area contributed by atoms with Gasteiger partial charge in [0.25, 0.3) is 0 Å². The van der Waals surface area contributed by atoms with Gasteiger partial charge in [-0.3, -0.25) is 0 Å². The van der Waals surface area contributed by atoms with E-state index in [1.807, 2.05) is 0 Å². The Kier molecular flexibility index (Phi) is 3.73. The van der Waals surface area contributed by atoms with Gasteiger partial charge in [0, 0.05) is 29.6 Å². The molecule has 1 aromatic carbocycles. The van der Waals surface area contributed by atoms with Crippen molar-refractivity contribution in [2.24, 2.45) is 5.92 Å². The molecule has 1 saturated carbocycles. The van der Waals surface area contributed by atoms with Crippen molar-refractivity contribution in [1.82, 2.24) is 5.32 Å². The molecule has 2 nitrogen and oxygen atoms in total. The maximum atomic E-state index is 5.96. The summed E-state index contributed by atoms with van der Waals surface area (Å²) in [4.78, 5) is 0. The summed E-state index contributed by atoms with van der Waals surface area (Å²) in [6.07, 6.45) is 4.13. The number of nitrogens with one attached hydrogen (secondary N) is 1. The molecule has 0 bridgehead atoms. The zero-order valence-electron chi connectivity index (χ0n) is 10.8. The van der Waals surface area contributed by atoms with E-state index in [2.05, 4.69) is 46.4 Å². The zero-order chi connectivity index (χ0) is 12.5. The van der Waals surface area contributed by atoms with Gasteiger partial charge >= 0.3 is 0 Å². The van der Waals surface area contributed by atoms with E-state index >= 15 is 0 Å². The van der Waals surface area contributed by atoms with E-state index in [0.717, 1.165) is 19.2 Å². The Bertz CT molecular complexity index is 431. The molecule has 0 spiro atoms. The predicted molar refractivity (Wildman–Crippen MR) is 76.7 cm³/mol. The largest absolute Gasteiger partial charge is 0.373 e. The van der Waals surface area contributed by atoms with Crippen molar-refractivity contribution in [3.05, 3.63) is 33.8 Å². The lowest BCUT2D eigenvalue weighted by molar-refractivity contribution is 0.0899. The number of rotatable bonds is 4. The van der Waals surface area contributed by atoms with Crippen LogP contribution in [-0.2, 0) is 4.74 Å². The first-order valence-electron chi connectivity index (χ1n) is 6.85. The summed E-state index contributed by atoms with van der Waals surface area (Å²) in [5.74, 6) is 0.615. The molecule has 0 aromatic heterocycles. The summed E-state index contributed by atoms with van der Waals surface area (Å²) >= 11 is 3.68. The van der Waals surface area contributed by atoms with Crippen LogP contribution in [0.4, 0.5) is 0 Å². The Morgan fingerprint density at radius 3 is 2.89 bits per heavy atom. The number of hydrogen-bond donors (Lipinski definition) is 1. The highest BCUT2D eigenvalue weighted by Crippen LogP contribution is 2.38. The quantitative estimate of drug-likeness (QED) is 0.918. The van der Waals surface area contributed by atoms with Gasteiger partial charge in [-0.1, -0.05) is 28.1 Å². The number of benzene rings is 1. The van der Waals surface area contributed by atoms with Gasteiger partial charge in [-0.2, -0.15) is 0 Å². The fourth-order valence-electron chi connectivity index (χ4n) is 2.66. The third-order valence-electron chi connectivity index (χ3n) is 3.92. The van der Waals surface area contributed by atoms with Gasteiger partial charge in [0.2, 0.25) is 0 Å². The average Bonchev–Trinajstić information content (AvgIpc) is 3.06. The second-order valence-corrected chi connectivity index (χ2v) is 6.40. The fraction of sp³-hybridized carbons (Fsp3) is 0.600. The molecule has 2 fully saturated rings. The van der Waals surface area contributed by atoms with Gasteiger partial charge in [-0.25, -0.2) is 0 Å². The van der Waals surface area contributed by atoms with Gasteiger partial charge in [0.05, 0.1) is 6.10 Å². The van der Waals surface area contributed by atoms with Gasteiger partial charge in [0.1, 0.15) is 0 Å².